The number of hydrogen-bond donors (Lipinski definition) is 0. The maximum atomic E-state index is 4.95. The van der Waals surface area contributed by atoms with E-state index in [1.54, 1.807) is 18.4 Å². The fraction of sp³-hybridized carbons (Fsp3) is 0.500. The standard InChI is InChI=1S/C6H8BrNOS/c1-9-3-5-6(2-7)10-4-8-5/h4H,2-3H2,1H3. The van der Waals surface area contributed by atoms with E-state index in [2.05, 4.69) is 20.9 Å². The lowest BCUT2D eigenvalue weighted by Crippen LogP contribution is -1.90. The summed E-state index contributed by atoms with van der Waals surface area (Å²) in [7, 11) is 1.68. The molecule has 0 saturated heterocycles. The lowest BCUT2D eigenvalue weighted by atomic mass is 10.4. The number of alkyl halides is 1. The minimum Gasteiger partial charge on any atom is -0.378 e. The van der Waals surface area contributed by atoms with Crippen LogP contribution in [-0.4, -0.2) is 12.1 Å². The zero-order valence-corrected chi connectivity index (χ0v) is 8.04. The zero-order chi connectivity index (χ0) is 7.40. The van der Waals surface area contributed by atoms with Gasteiger partial charge in [-0.2, -0.15) is 0 Å². The summed E-state index contributed by atoms with van der Waals surface area (Å²) in [6.07, 6.45) is 0. The Morgan fingerprint density at radius 1 is 1.80 bits per heavy atom. The van der Waals surface area contributed by atoms with Gasteiger partial charge in [-0.15, -0.1) is 11.3 Å². The van der Waals surface area contributed by atoms with E-state index < -0.39 is 0 Å². The molecule has 0 aliphatic carbocycles. The van der Waals surface area contributed by atoms with E-state index in [1.165, 1.54) is 4.88 Å². The van der Waals surface area contributed by atoms with E-state index >= 15 is 0 Å². The Balaban J connectivity index is 2.70. The maximum Gasteiger partial charge on any atom is 0.0895 e. The highest BCUT2D eigenvalue weighted by Crippen LogP contribution is 2.16. The van der Waals surface area contributed by atoms with Crippen molar-refractivity contribution < 1.29 is 4.74 Å². The molecule has 1 rings (SSSR count). The van der Waals surface area contributed by atoms with Gasteiger partial charge in [0.05, 0.1) is 17.8 Å². The number of halogens is 1. The van der Waals surface area contributed by atoms with Crippen LogP contribution in [0.15, 0.2) is 5.51 Å². The average molecular weight is 222 g/mol. The summed E-state index contributed by atoms with van der Waals surface area (Å²) in [4.78, 5) is 5.39. The smallest absolute Gasteiger partial charge is 0.0895 e. The Bertz CT molecular complexity index is 201. The van der Waals surface area contributed by atoms with Crippen molar-refractivity contribution in [2.24, 2.45) is 0 Å². The quantitative estimate of drug-likeness (QED) is 0.731. The van der Waals surface area contributed by atoms with Gasteiger partial charge >= 0.3 is 0 Å². The second kappa shape index (κ2) is 4.05. The third-order valence-electron chi connectivity index (χ3n) is 1.13. The van der Waals surface area contributed by atoms with Crippen LogP contribution >= 0.6 is 27.3 Å². The highest BCUT2D eigenvalue weighted by molar-refractivity contribution is 9.08. The third-order valence-corrected chi connectivity index (χ3v) is 2.93. The molecule has 0 aliphatic heterocycles. The van der Waals surface area contributed by atoms with Crippen molar-refractivity contribution in [3.05, 3.63) is 16.1 Å². The summed E-state index contributed by atoms with van der Waals surface area (Å²) < 4.78 is 4.95. The summed E-state index contributed by atoms with van der Waals surface area (Å²) in [5.74, 6) is 0. The molecule has 56 valence electrons. The van der Waals surface area contributed by atoms with Gasteiger partial charge in [0, 0.05) is 17.3 Å². The molecule has 0 radical (unpaired) electrons. The SMILES string of the molecule is COCc1ncsc1CBr. The molecule has 1 heterocycles. The third kappa shape index (κ3) is 1.78. The van der Waals surface area contributed by atoms with Crippen LogP contribution in [0, 0.1) is 0 Å². The van der Waals surface area contributed by atoms with Crippen LogP contribution in [0.5, 0.6) is 0 Å². The van der Waals surface area contributed by atoms with Crippen molar-refractivity contribution in [1.29, 1.82) is 0 Å². The molecule has 4 heteroatoms. The molecule has 0 aliphatic rings. The first-order valence-electron chi connectivity index (χ1n) is 2.84. The molecule has 0 aromatic carbocycles. The van der Waals surface area contributed by atoms with Gasteiger partial charge in [0.25, 0.3) is 0 Å². The second-order valence-electron chi connectivity index (χ2n) is 1.79. The molecule has 0 spiro atoms. The first-order valence-corrected chi connectivity index (χ1v) is 4.84. The molecule has 0 bridgehead atoms. The maximum absolute atomic E-state index is 4.95. The van der Waals surface area contributed by atoms with Gasteiger partial charge < -0.3 is 4.74 Å². The van der Waals surface area contributed by atoms with Crippen molar-refractivity contribution in [1.82, 2.24) is 4.98 Å². The molecular weight excluding hydrogens is 214 g/mol. The predicted molar refractivity (Wildman–Crippen MR) is 45.5 cm³/mol. The molecule has 0 fully saturated rings. The second-order valence-corrected chi connectivity index (χ2v) is 3.29. The number of methoxy groups -OCH3 is 1. The number of nitrogens with zero attached hydrogens (tertiary/aromatic N) is 1. The lowest BCUT2D eigenvalue weighted by molar-refractivity contribution is 0.181. The lowest BCUT2D eigenvalue weighted by Gasteiger charge is -1.95. The number of hydrogen-bond acceptors (Lipinski definition) is 3. The molecule has 0 amide bonds. The van der Waals surface area contributed by atoms with Crippen LogP contribution in [0.25, 0.3) is 0 Å². The van der Waals surface area contributed by atoms with E-state index in [-0.39, 0.29) is 0 Å². The van der Waals surface area contributed by atoms with Gasteiger partial charge in [-0.3, -0.25) is 0 Å². The van der Waals surface area contributed by atoms with Gasteiger partial charge in [0.2, 0.25) is 0 Å². The summed E-state index contributed by atoms with van der Waals surface area (Å²) in [5, 5.41) is 0.871. The molecule has 1 aromatic heterocycles. The van der Waals surface area contributed by atoms with Crippen LogP contribution in [0.2, 0.25) is 0 Å². The predicted octanol–water partition coefficient (Wildman–Crippen LogP) is 2.18. The fourth-order valence-corrected chi connectivity index (χ4v) is 1.99. The minimum atomic E-state index is 0.616. The van der Waals surface area contributed by atoms with E-state index in [9.17, 15) is 0 Å². The van der Waals surface area contributed by atoms with Gasteiger partial charge in [-0.25, -0.2) is 4.98 Å². The minimum absolute atomic E-state index is 0.616. The molecular formula is C6H8BrNOS. The Kier molecular flexibility index (Phi) is 3.31. The number of thiazole rings is 1. The molecule has 0 atom stereocenters. The number of ether oxygens (including phenoxy) is 1. The number of rotatable bonds is 3. The van der Waals surface area contributed by atoms with Gasteiger partial charge in [-0.1, -0.05) is 15.9 Å². The Morgan fingerprint density at radius 2 is 2.60 bits per heavy atom. The zero-order valence-electron chi connectivity index (χ0n) is 5.63. The van der Waals surface area contributed by atoms with Crippen molar-refractivity contribution in [3.63, 3.8) is 0 Å². The van der Waals surface area contributed by atoms with Crippen LogP contribution in [0.1, 0.15) is 10.6 Å². The summed E-state index contributed by atoms with van der Waals surface area (Å²) in [6, 6.07) is 0. The molecule has 0 unspecified atom stereocenters. The van der Waals surface area contributed by atoms with E-state index in [0.717, 1.165) is 11.0 Å². The van der Waals surface area contributed by atoms with E-state index in [1.807, 2.05) is 5.51 Å². The molecule has 2 nitrogen and oxygen atoms in total. The summed E-state index contributed by atoms with van der Waals surface area (Å²) in [5.41, 5.74) is 2.88. The topological polar surface area (TPSA) is 22.1 Å². The van der Waals surface area contributed by atoms with E-state index in [0.29, 0.717) is 6.61 Å². The van der Waals surface area contributed by atoms with Crippen LogP contribution in [0.3, 0.4) is 0 Å². The van der Waals surface area contributed by atoms with Crippen molar-refractivity contribution in [3.8, 4) is 0 Å². The van der Waals surface area contributed by atoms with E-state index in [4.69, 9.17) is 4.74 Å². The fourth-order valence-electron chi connectivity index (χ4n) is 0.657. The summed E-state index contributed by atoms with van der Waals surface area (Å²) in [6.45, 7) is 0.616. The van der Waals surface area contributed by atoms with Crippen molar-refractivity contribution in [2.45, 2.75) is 11.9 Å². The highest BCUT2D eigenvalue weighted by Gasteiger charge is 2.02. The Labute approximate surface area is 72.4 Å². The first kappa shape index (κ1) is 8.17. The normalized spacial score (nSPS) is 10.2. The Morgan fingerprint density at radius 3 is 3.20 bits per heavy atom. The first-order chi connectivity index (χ1) is 4.88. The monoisotopic (exact) mass is 221 g/mol. The average Bonchev–Trinajstić information content (AvgIpc) is 2.36. The van der Waals surface area contributed by atoms with Gasteiger partial charge in [0.1, 0.15) is 0 Å². The van der Waals surface area contributed by atoms with Gasteiger partial charge in [0.15, 0.2) is 0 Å². The highest BCUT2D eigenvalue weighted by atomic mass is 79.9. The molecule has 0 saturated carbocycles. The van der Waals surface area contributed by atoms with Crippen molar-refractivity contribution >= 4 is 27.3 Å². The van der Waals surface area contributed by atoms with Crippen LogP contribution in [0.4, 0.5) is 0 Å². The molecule has 10 heavy (non-hydrogen) atoms. The van der Waals surface area contributed by atoms with Crippen molar-refractivity contribution in [2.75, 3.05) is 7.11 Å². The van der Waals surface area contributed by atoms with Gasteiger partial charge in [-0.05, 0) is 0 Å². The summed E-state index contributed by atoms with van der Waals surface area (Å²) >= 11 is 5.02. The van der Waals surface area contributed by atoms with Crippen LogP contribution in [-0.2, 0) is 16.7 Å². The molecule has 1 aromatic rings. The largest absolute Gasteiger partial charge is 0.378 e. The number of aromatic nitrogens is 1. The molecule has 0 N–H and O–H groups in total. The van der Waals surface area contributed by atoms with Crippen LogP contribution < -0.4 is 0 Å². The Hall–Kier alpha value is 0.0700.